The summed E-state index contributed by atoms with van der Waals surface area (Å²) in [5, 5.41) is 2.09. The zero-order valence-electron chi connectivity index (χ0n) is 18.1. The van der Waals surface area contributed by atoms with Gasteiger partial charge >= 0.3 is 5.69 Å². The van der Waals surface area contributed by atoms with Crippen LogP contribution in [0.25, 0.3) is 11.2 Å². The van der Waals surface area contributed by atoms with Crippen LogP contribution in [0.15, 0.2) is 28.0 Å². The van der Waals surface area contributed by atoms with Gasteiger partial charge in [-0.25, -0.2) is 22.9 Å². The first kappa shape index (κ1) is 23.8. The molecule has 2 amide bonds. The number of carbonyl (C=O) groups is 2. The van der Waals surface area contributed by atoms with Crippen LogP contribution in [0.3, 0.4) is 0 Å². The van der Waals surface area contributed by atoms with Gasteiger partial charge in [-0.2, -0.15) is 0 Å². The number of anilines is 1. The molecule has 0 aliphatic heterocycles. The van der Waals surface area contributed by atoms with E-state index >= 15 is 0 Å². The molecule has 0 aliphatic rings. The molecule has 176 valence electrons. The van der Waals surface area contributed by atoms with Crippen molar-refractivity contribution in [3.8, 4) is 0 Å². The molecule has 2 aromatic heterocycles. The first-order chi connectivity index (χ1) is 15.5. The second kappa shape index (κ2) is 9.30. The van der Waals surface area contributed by atoms with Gasteiger partial charge in [0, 0.05) is 34.1 Å². The predicted octanol–water partition coefficient (Wildman–Crippen LogP) is 0.728. The van der Waals surface area contributed by atoms with Gasteiger partial charge in [0.25, 0.3) is 5.56 Å². The number of aryl methyl sites for hydroxylation is 2. The summed E-state index contributed by atoms with van der Waals surface area (Å²) in [7, 11) is 4.22. The van der Waals surface area contributed by atoms with Crippen molar-refractivity contribution in [1.82, 2.24) is 23.6 Å². The monoisotopic (exact) mass is 466 g/mol. The molecular formula is C20H21F3N6O4. The minimum Gasteiger partial charge on any atom is -0.336 e. The molecule has 0 atom stereocenters. The van der Waals surface area contributed by atoms with Gasteiger partial charge in [0.05, 0.1) is 18.6 Å². The number of rotatable bonds is 7. The number of aromatic nitrogens is 4. The van der Waals surface area contributed by atoms with Gasteiger partial charge in [0.1, 0.15) is 0 Å². The van der Waals surface area contributed by atoms with Crippen LogP contribution in [0, 0.1) is 17.5 Å². The SMILES string of the molecule is CN(CC(=O)Nc1ccc(F)c(F)c1F)C(=O)CCCn1cnc2c1c(=O)n(C)c(=O)n2C. The highest BCUT2D eigenvalue weighted by atomic mass is 19.2. The lowest BCUT2D eigenvalue weighted by Gasteiger charge is -2.17. The third kappa shape index (κ3) is 4.66. The molecule has 3 aromatic rings. The van der Waals surface area contributed by atoms with Crippen molar-refractivity contribution in [2.24, 2.45) is 14.1 Å². The van der Waals surface area contributed by atoms with Crippen molar-refractivity contribution >= 4 is 28.7 Å². The van der Waals surface area contributed by atoms with Crippen molar-refractivity contribution in [2.75, 3.05) is 18.9 Å². The van der Waals surface area contributed by atoms with Crippen LogP contribution < -0.4 is 16.6 Å². The fraction of sp³-hybridized carbons (Fsp3) is 0.350. The molecule has 10 nitrogen and oxygen atoms in total. The van der Waals surface area contributed by atoms with E-state index in [-0.39, 0.29) is 24.1 Å². The molecule has 3 rings (SSSR count). The van der Waals surface area contributed by atoms with Crippen molar-refractivity contribution in [3.05, 3.63) is 56.7 Å². The molecule has 0 fully saturated rings. The van der Waals surface area contributed by atoms with Gasteiger partial charge in [0.2, 0.25) is 11.8 Å². The van der Waals surface area contributed by atoms with Crippen molar-refractivity contribution in [1.29, 1.82) is 0 Å². The first-order valence-electron chi connectivity index (χ1n) is 9.81. The lowest BCUT2D eigenvalue weighted by Crippen LogP contribution is -2.37. The number of fused-ring (bicyclic) bond motifs is 1. The maximum Gasteiger partial charge on any atom is 0.332 e. The van der Waals surface area contributed by atoms with E-state index in [9.17, 15) is 32.3 Å². The Labute approximate surface area is 184 Å². The highest BCUT2D eigenvalue weighted by Crippen LogP contribution is 2.19. The van der Waals surface area contributed by atoms with Gasteiger partial charge in [-0.05, 0) is 18.6 Å². The van der Waals surface area contributed by atoms with E-state index in [4.69, 9.17) is 0 Å². The Hall–Kier alpha value is -3.90. The van der Waals surface area contributed by atoms with Crippen molar-refractivity contribution in [2.45, 2.75) is 19.4 Å². The number of imidazole rings is 1. The Morgan fingerprint density at radius 2 is 1.79 bits per heavy atom. The van der Waals surface area contributed by atoms with Crippen LogP contribution in [0.2, 0.25) is 0 Å². The van der Waals surface area contributed by atoms with E-state index < -0.39 is 52.7 Å². The number of likely N-dealkylation sites (N-methyl/N-ethyl adjacent to an activating group) is 1. The second-order valence-electron chi connectivity index (χ2n) is 7.44. The molecule has 0 saturated heterocycles. The average molecular weight is 466 g/mol. The largest absolute Gasteiger partial charge is 0.336 e. The molecular weight excluding hydrogens is 445 g/mol. The second-order valence-corrected chi connectivity index (χ2v) is 7.44. The first-order valence-corrected chi connectivity index (χ1v) is 9.81. The van der Waals surface area contributed by atoms with Gasteiger partial charge in [0.15, 0.2) is 28.6 Å². The highest BCUT2D eigenvalue weighted by Gasteiger charge is 2.18. The van der Waals surface area contributed by atoms with E-state index in [1.807, 2.05) is 0 Å². The smallest absolute Gasteiger partial charge is 0.332 e. The molecule has 0 bridgehead atoms. The third-order valence-electron chi connectivity index (χ3n) is 5.12. The van der Waals surface area contributed by atoms with E-state index in [1.54, 1.807) is 4.57 Å². The molecule has 33 heavy (non-hydrogen) atoms. The number of hydrogen-bond donors (Lipinski definition) is 1. The molecule has 13 heteroatoms. The summed E-state index contributed by atoms with van der Waals surface area (Å²) in [5.74, 6) is -5.82. The van der Waals surface area contributed by atoms with Crippen LogP contribution in [-0.2, 0) is 30.2 Å². The summed E-state index contributed by atoms with van der Waals surface area (Å²) in [6.45, 7) is -0.177. The van der Waals surface area contributed by atoms with Crippen LogP contribution in [0.5, 0.6) is 0 Å². The van der Waals surface area contributed by atoms with Gasteiger partial charge in [-0.3, -0.25) is 23.5 Å². The number of carbonyl (C=O) groups excluding carboxylic acids is 2. The molecule has 2 heterocycles. The number of nitrogens with one attached hydrogen (secondary N) is 1. The molecule has 0 saturated carbocycles. The van der Waals surface area contributed by atoms with Gasteiger partial charge in [-0.1, -0.05) is 0 Å². The van der Waals surface area contributed by atoms with E-state index in [1.165, 1.54) is 32.0 Å². The van der Waals surface area contributed by atoms with E-state index in [0.29, 0.717) is 12.5 Å². The fourth-order valence-corrected chi connectivity index (χ4v) is 3.27. The minimum absolute atomic E-state index is 0.0229. The normalized spacial score (nSPS) is 11.1. The summed E-state index contributed by atoms with van der Waals surface area (Å²) >= 11 is 0. The molecule has 0 spiro atoms. The van der Waals surface area contributed by atoms with E-state index in [0.717, 1.165) is 15.5 Å². The van der Waals surface area contributed by atoms with Crippen LogP contribution in [-0.4, -0.2) is 49.0 Å². The highest BCUT2D eigenvalue weighted by molar-refractivity contribution is 5.94. The quantitative estimate of drug-likeness (QED) is 0.516. The molecule has 1 aromatic carbocycles. The zero-order chi connectivity index (χ0) is 24.4. The Kier molecular flexibility index (Phi) is 6.70. The number of amides is 2. The van der Waals surface area contributed by atoms with Crippen LogP contribution in [0.4, 0.5) is 18.9 Å². The Balaban J connectivity index is 1.58. The number of benzene rings is 1. The molecule has 0 radical (unpaired) electrons. The lowest BCUT2D eigenvalue weighted by atomic mass is 10.2. The van der Waals surface area contributed by atoms with Crippen molar-refractivity contribution < 1.29 is 22.8 Å². The molecule has 0 unspecified atom stereocenters. The predicted molar refractivity (Wildman–Crippen MR) is 112 cm³/mol. The summed E-state index contributed by atoms with van der Waals surface area (Å²) in [6.07, 6.45) is 1.73. The van der Waals surface area contributed by atoms with Crippen LogP contribution >= 0.6 is 0 Å². The average Bonchev–Trinajstić information content (AvgIpc) is 3.20. The number of nitrogens with zero attached hydrogens (tertiary/aromatic N) is 5. The molecule has 0 aliphatic carbocycles. The molecule has 1 N–H and O–H groups in total. The van der Waals surface area contributed by atoms with Gasteiger partial charge in [-0.15, -0.1) is 0 Å². The summed E-state index contributed by atoms with van der Waals surface area (Å²) in [4.78, 5) is 54.0. The fourth-order valence-electron chi connectivity index (χ4n) is 3.27. The van der Waals surface area contributed by atoms with E-state index in [2.05, 4.69) is 10.3 Å². The topological polar surface area (TPSA) is 111 Å². The third-order valence-corrected chi connectivity index (χ3v) is 5.12. The summed E-state index contributed by atoms with van der Waals surface area (Å²) in [6, 6.07) is 1.55. The zero-order valence-corrected chi connectivity index (χ0v) is 18.1. The van der Waals surface area contributed by atoms with Crippen LogP contribution in [0.1, 0.15) is 12.8 Å². The summed E-state index contributed by atoms with van der Waals surface area (Å²) < 4.78 is 43.7. The lowest BCUT2D eigenvalue weighted by molar-refractivity contribution is -0.133. The number of hydrogen-bond acceptors (Lipinski definition) is 5. The Morgan fingerprint density at radius 1 is 1.09 bits per heavy atom. The number of halogens is 3. The van der Waals surface area contributed by atoms with Gasteiger partial charge < -0.3 is 14.8 Å². The summed E-state index contributed by atoms with van der Waals surface area (Å²) in [5.41, 5.74) is -1.09. The Morgan fingerprint density at radius 3 is 2.48 bits per heavy atom. The minimum atomic E-state index is -1.71. The van der Waals surface area contributed by atoms with Crippen molar-refractivity contribution in [3.63, 3.8) is 0 Å². The maximum atomic E-state index is 13.7. The maximum absolute atomic E-state index is 13.7. The standard InChI is InChI=1S/C20H21F3N6O4/c1-26(9-13(30)25-12-7-6-11(21)15(22)16(12)23)14(31)5-4-8-29-10-24-18-17(29)19(32)28(3)20(33)27(18)2/h6-7,10H,4-5,8-9H2,1-3H3,(H,25,30). The Bertz CT molecular complexity index is 1360.